The second-order valence-electron chi connectivity index (χ2n) is 6.08. The highest BCUT2D eigenvalue weighted by atomic mass is 32.2. The number of hydrogen-bond acceptors (Lipinski definition) is 6. The summed E-state index contributed by atoms with van der Waals surface area (Å²) < 4.78 is 0. The van der Waals surface area contributed by atoms with Gasteiger partial charge in [0.15, 0.2) is 0 Å². The number of aromatic nitrogens is 2. The van der Waals surface area contributed by atoms with Crippen LogP contribution in [0.15, 0.2) is 5.03 Å². The Kier molecular flexibility index (Phi) is 5.58. The lowest BCUT2D eigenvalue weighted by Gasteiger charge is -2.14. The molecule has 134 valence electrons. The Morgan fingerprint density at radius 3 is 2.80 bits per heavy atom. The van der Waals surface area contributed by atoms with Gasteiger partial charge in [-0.15, -0.1) is 11.3 Å². The lowest BCUT2D eigenvalue weighted by Crippen LogP contribution is -2.42. The molecule has 6 nitrogen and oxygen atoms in total. The second-order valence-corrected chi connectivity index (χ2v) is 8.49. The van der Waals surface area contributed by atoms with E-state index in [1.807, 2.05) is 13.8 Å². The molecule has 2 N–H and O–H groups in total. The second kappa shape index (κ2) is 7.70. The number of carbonyl (C=O) groups is 2. The highest BCUT2D eigenvalue weighted by molar-refractivity contribution is 8.00. The highest BCUT2D eigenvalue weighted by Crippen LogP contribution is 2.40. The van der Waals surface area contributed by atoms with Crippen LogP contribution in [0.25, 0.3) is 10.2 Å². The molecule has 1 aliphatic carbocycles. The van der Waals surface area contributed by atoms with Crippen LogP contribution >= 0.6 is 23.1 Å². The van der Waals surface area contributed by atoms with E-state index < -0.39 is 11.3 Å². The maximum Gasteiger partial charge on any atom is 0.321 e. The smallest absolute Gasteiger partial charge is 0.321 e. The number of carbonyl (C=O) groups excluding carboxylic acids is 2. The van der Waals surface area contributed by atoms with E-state index in [9.17, 15) is 9.59 Å². The molecular formula is C17H22N4O2S2. The number of aryl methyl sites for hydroxylation is 3. The summed E-state index contributed by atoms with van der Waals surface area (Å²) in [5.41, 5.74) is 1.35. The van der Waals surface area contributed by atoms with Crippen LogP contribution in [0.4, 0.5) is 4.79 Å². The third kappa shape index (κ3) is 3.95. The molecule has 0 radical (unpaired) electrons. The van der Waals surface area contributed by atoms with E-state index in [-0.39, 0.29) is 5.91 Å². The molecular weight excluding hydrogens is 356 g/mol. The monoisotopic (exact) mass is 378 g/mol. The predicted molar refractivity (Wildman–Crippen MR) is 101 cm³/mol. The van der Waals surface area contributed by atoms with Crippen molar-refractivity contribution < 1.29 is 9.59 Å². The molecule has 0 fully saturated rings. The van der Waals surface area contributed by atoms with Gasteiger partial charge >= 0.3 is 6.03 Å². The first-order valence-electron chi connectivity index (χ1n) is 8.53. The van der Waals surface area contributed by atoms with Crippen molar-refractivity contribution in [2.45, 2.75) is 56.7 Å². The van der Waals surface area contributed by atoms with Crippen molar-refractivity contribution in [2.24, 2.45) is 0 Å². The van der Waals surface area contributed by atoms with E-state index in [1.165, 1.54) is 35.0 Å². The van der Waals surface area contributed by atoms with Crippen molar-refractivity contribution in [1.82, 2.24) is 20.6 Å². The van der Waals surface area contributed by atoms with Crippen molar-refractivity contribution in [3.8, 4) is 0 Å². The summed E-state index contributed by atoms with van der Waals surface area (Å²) in [6, 6.07) is -0.461. The molecule has 0 saturated carbocycles. The Morgan fingerprint density at radius 2 is 2.04 bits per heavy atom. The van der Waals surface area contributed by atoms with Crippen LogP contribution in [0.5, 0.6) is 0 Å². The number of rotatable bonds is 4. The average molecular weight is 379 g/mol. The van der Waals surface area contributed by atoms with Crippen LogP contribution in [-0.2, 0) is 17.6 Å². The molecule has 0 aromatic carbocycles. The van der Waals surface area contributed by atoms with Crippen LogP contribution in [0, 0.1) is 6.92 Å². The Balaban J connectivity index is 1.86. The summed E-state index contributed by atoms with van der Waals surface area (Å²) in [5.74, 6) is 0.398. The SMILES string of the molecule is CCNC(=O)NC(=O)[C@H](C)Sc1nc(C)nc2sc3c(c12)CCCC3. The molecule has 8 heteroatoms. The fraction of sp³-hybridized carbons (Fsp3) is 0.529. The van der Waals surface area contributed by atoms with Gasteiger partial charge < -0.3 is 5.32 Å². The molecule has 1 aliphatic rings. The number of imide groups is 1. The Labute approximate surface area is 155 Å². The molecule has 1 atom stereocenters. The number of amides is 3. The fourth-order valence-electron chi connectivity index (χ4n) is 2.95. The highest BCUT2D eigenvalue weighted by Gasteiger charge is 2.24. The minimum Gasteiger partial charge on any atom is -0.338 e. The molecule has 0 spiro atoms. The van der Waals surface area contributed by atoms with Gasteiger partial charge in [0.05, 0.1) is 5.25 Å². The van der Waals surface area contributed by atoms with Gasteiger partial charge in [0.25, 0.3) is 0 Å². The molecule has 2 aromatic rings. The number of nitrogens with zero attached hydrogens (tertiary/aromatic N) is 2. The fourth-order valence-corrected chi connectivity index (χ4v) is 5.34. The molecule has 0 unspecified atom stereocenters. The van der Waals surface area contributed by atoms with Crippen molar-refractivity contribution in [3.63, 3.8) is 0 Å². The summed E-state index contributed by atoms with van der Waals surface area (Å²) in [6.45, 7) is 5.96. The third-order valence-corrected chi connectivity index (χ3v) is 6.40. The van der Waals surface area contributed by atoms with E-state index in [0.717, 1.165) is 28.1 Å². The van der Waals surface area contributed by atoms with Gasteiger partial charge in [0.2, 0.25) is 5.91 Å². The molecule has 2 heterocycles. The molecule has 25 heavy (non-hydrogen) atoms. The number of nitrogens with one attached hydrogen (secondary N) is 2. The largest absolute Gasteiger partial charge is 0.338 e. The third-order valence-electron chi connectivity index (χ3n) is 4.12. The first-order chi connectivity index (χ1) is 12.0. The number of hydrogen-bond donors (Lipinski definition) is 2. The van der Waals surface area contributed by atoms with Gasteiger partial charge in [-0.25, -0.2) is 14.8 Å². The average Bonchev–Trinajstić information content (AvgIpc) is 2.92. The zero-order chi connectivity index (χ0) is 18.0. The number of fused-ring (bicyclic) bond motifs is 3. The number of thioether (sulfide) groups is 1. The number of thiophene rings is 1. The summed E-state index contributed by atoms with van der Waals surface area (Å²) in [4.78, 5) is 35.4. The topological polar surface area (TPSA) is 84.0 Å². The zero-order valence-corrected chi connectivity index (χ0v) is 16.3. The van der Waals surface area contributed by atoms with E-state index in [1.54, 1.807) is 18.3 Å². The van der Waals surface area contributed by atoms with E-state index in [4.69, 9.17) is 0 Å². The van der Waals surface area contributed by atoms with Crippen molar-refractivity contribution >= 4 is 45.3 Å². The van der Waals surface area contributed by atoms with Crippen LogP contribution in [-0.4, -0.2) is 33.7 Å². The lowest BCUT2D eigenvalue weighted by atomic mass is 9.97. The summed E-state index contributed by atoms with van der Waals surface area (Å²) in [5, 5.41) is 6.47. The maximum absolute atomic E-state index is 12.2. The van der Waals surface area contributed by atoms with Crippen molar-refractivity contribution in [1.29, 1.82) is 0 Å². The Hall–Kier alpha value is -1.67. The quantitative estimate of drug-likeness (QED) is 0.630. The van der Waals surface area contributed by atoms with E-state index in [2.05, 4.69) is 20.6 Å². The van der Waals surface area contributed by atoms with Crippen molar-refractivity contribution in [3.05, 3.63) is 16.3 Å². The van der Waals surface area contributed by atoms with Crippen LogP contribution in [0.3, 0.4) is 0 Å². The van der Waals surface area contributed by atoms with Gasteiger partial charge in [0.1, 0.15) is 15.7 Å². The Morgan fingerprint density at radius 1 is 1.28 bits per heavy atom. The first-order valence-corrected chi connectivity index (χ1v) is 10.2. The summed E-state index contributed by atoms with van der Waals surface area (Å²) in [7, 11) is 0. The molecule has 3 amide bonds. The van der Waals surface area contributed by atoms with Crippen molar-refractivity contribution in [2.75, 3.05) is 6.54 Å². The van der Waals surface area contributed by atoms with Crippen LogP contribution in [0.2, 0.25) is 0 Å². The predicted octanol–water partition coefficient (Wildman–Crippen LogP) is 3.20. The van der Waals surface area contributed by atoms with Crippen LogP contribution in [0.1, 0.15) is 43.0 Å². The molecule has 3 rings (SSSR count). The molecule has 2 aromatic heterocycles. The van der Waals surface area contributed by atoms with Gasteiger partial charge in [-0.2, -0.15) is 0 Å². The summed E-state index contributed by atoms with van der Waals surface area (Å²) in [6.07, 6.45) is 4.56. The molecule has 0 bridgehead atoms. The lowest BCUT2D eigenvalue weighted by molar-refractivity contribution is -0.119. The van der Waals surface area contributed by atoms with E-state index in [0.29, 0.717) is 12.4 Å². The van der Waals surface area contributed by atoms with Gasteiger partial charge in [0, 0.05) is 16.8 Å². The van der Waals surface area contributed by atoms with Crippen LogP contribution < -0.4 is 10.6 Å². The molecule has 0 saturated heterocycles. The summed E-state index contributed by atoms with van der Waals surface area (Å²) >= 11 is 3.15. The normalized spacial score (nSPS) is 14.8. The standard InChI is InChI=1S/C17H22N4O2S2/c1-4-18-17(23)21-14(22)9(2)24-15-13-11-7-5-6-8-12(11)25-16(13)20-10(3)19-15/h9H,4-8H2,1-3H3,(H2,18,21,22,23)/t9-/m0/s1. The van der Waals surface area contributed by atoms with Gasteiger partial charge in [-0.3, -0.25) is 10.1 Å². The number of urea groups is 1. The first kappa shape index (κ1) is 18.1. The minimum absolute atomic E-state index is 0.315. The van der Waals surface area contributed by atoms with E-state index >= 15 is 0 Å². The molecule has 0 aliphatic heterocycles. The zero-order valence-electron chi connectivity index (χ0n) is 14.6. The Bertz CT molecular complexity index is 819. The maximum atomic E-state index is 12.2. The van der Waals surface area contributed by atoms with Gasteiger partial charge in [-0.1, -0.05) is 11.8 Å². The minimum atomic E-state index is -0.461. The van der Waals surface area contributed by atoms with Gasteiger partial charge in [-0.05, 0) is 52.0 Å².